The lowest BCUT2D eigenvalue weighted by Gasteiger charge is -2.26. The minimum absolute atomic E-state index is 0.109. The van der Waals surface area contributed by atoms with E-state index >= 15 is 0 Å². The maximum atomic E-state index is 12.4. The first-order chi connectivity index (χ1) is 11.9. The lowest BCUT2D eigenvalue weighted by Crippen LogP contribution is -2.58. The number of carbonyl (C=O) groups is 4. The van der Waals surface area contributed by atoms with Gasteiger partial charge in [-0.3, -0.25) is 14.4 Å². The standard InChI is InChI=1S/C16H30N4O6/c1-7(2)11(17)14(23)20-12(8(3)4)15(24)18-9(5)13(22)19-10(6-21)16(25)26/h7-12,21H,6,17H2,1-5H3,(H,18,24)(H,19,22)(H,20,23)(H,25,26). The number of carboxylic acid groups (broad SMARTS) is 1. The number of nitrogens with one attached hydrogen (secondary N) is 3. The lowest BCUT2D eigenvalue weighted by molar-refractivity contribution is -0.143. The molecular formula is C16H30N4O6. The molecule has 0 radical (unpaired) electrons. The summed E-state index contributed by atoms with van der Waals surface area (Å²) in [5, 5.41) is 24.8. The molecule has 0 aliphatic rings. The van der Waals surface area contributed by atoms with E-state index in [0.29, 0.717) is 0 Å². The molecule has 4 atom stereocenters. The van der Waals surface area contributed by atoms with Crippen LogP contribution in [0.15, 0.2) is 0 Å². The van der Waals surface area contributed by atoms with E-state index in [1.165, 1.54) is 6.92 Å². The van der Waals surface area contributed by atoms with Crippen LogP contribution in [0.4, 0.5) is 0 Å². The van der Waals surface area contributed by atoms with Gasteiger partial charge in [0.15, 0.2) is 0 Å². The molecule has 0 spiro atoms. The van der Waals surface area contributed by atoms with Gasteiger partial charge in [-0.05, 0) is 18.8 Å². The number of hydrogen-bond donors (Lipinski definition) is 6. The molecule has 10 heteroatoms. The zero-order valence-corrected chi connectivity index (χ0v) is 15.8. The zero-order valence-electron chi connectivity index (χ0n) is 15.8. The summed E-state index contributed by atoms with van der Waals surface area (Å²) in [6, 6.07) is -4.21. The highest BCUT2D eigenvalue weighted by atomic mass is 16.4. The molecule has 0 aromatic carbocycles. The molecule has 0 heterocycles. The second-order valence-corrected chi connectivity index (χ2v) is 6.81. The number of amides is 3. The van der Waals surface area contributed by atoms with Gasteiger partial charge >= 0.3 is 5.97 Å². The van der Waals surface area contributed by atoms with Gasteiger partial charge in [-0.15, -0.1) is 0 Å². The van der Waals surface area contributed by atoms with E-state index in [2.05, 4.69) is 16.0 Å². The quantitative estimate of drug-likeness (QED) is 0.261. The van der Waals surface area contributed by atoms with Crippen LogP contribution in [0.5, 0.6) is 0 Å². The molecule has 0 aliphatic carbocycles. The topological polar surface area (TPSA) is 171 Å². The van der Waals surface area contributed by atoms with Crippen LogP contribution in [-0.2, 0) is 19.2 Å². The third-order valence-corrected chi connectivity index (χ3v) is 3.82. The van der Waals surface area contributed by atoms with Gasteiger partial charge in [0.2, 0.25) is 17.7 Å². The average Bonchev–Trinajstić information content (AvgIpc) is 2.54. The third-order valence-electron chi connectivity index (χ3n) is 3.82. The van der Waals surface area contributed by atoms with E-state index in [4.69, 9.17) is 15.9 Å². The Labute approximate surface area is 152 Å². The van der Waals surface area contributed by atoms with Crippen molar-refractivity contribution in [2.24, 2.45) is 17.6 Å². The van der Waals surface area contributed by atoms with Crippen molar-refractivity contribution in [3.05, 3.63) is 0 Å². The number of aliphatic hydroxyl groups excluding tert-OH is 1. The van der Waals surface area contributed by atoms with Crippen LogP contribution in [-0.4, -0.2) is 64.7 Å². The molecule has 0 aromatic heterocycles. The Morgan fingerprint density at radius 1 is 0.846 bits per heavy atom. The number of hydrogen-bond acceptors (Lipinski definition) is 6. The maximum Gasteiger partial charge on any atom is 0.328 e. The number of nitrogens with two attached hydrogens (primary N) is 1. The largest absolute Gasteiger partial charge is 0.480 e. The first-order valence-corrected chi connectivity index (χ1v) is 8.42. The van der Waals surface area contributed by atoms with Crippen LogP contribution in [0.1, 0.15) is 34.6 Å². The van der Waals surface area contributed by atoms with Gasteiger partial charge < -0.3 is 31.9 Å². The highest BCUT2D eigenvalue weighted by molar-refractivity contribution is 5.94. The second kappa shape index (κ2) is 10.7. The molecule has 0 bridgehead atoms. The zero-order chi connectivity index (χ0) is 20.6. The van der Waals surface area contributed by atoms with Crippen molar-refractivity contribution >= 4 is 23.7 Å². The molecule has 7 N–H and O–H groups in total. The summed E-state index contributed by atoms with van der Waals surface area (Å²) < 4.78 is 0. The molecule has 0 aliphatic heterocycles. The van der Waals surface area contributed by atoms with Crippen LogP contribution in [0.25, 0.3) is 0 Å². The molecule has 10 nitrogen and oxygen atoms in total. The first kappa shape index (κ1) is 23.8. The predicted octanol–water partition coefficient (Wildman–Crippen LogP) is -1.82. The van der Waals surface area contributed by atoms with E-state index in [1.807, 2.05) is 0 Å². The molecular weight excluding hydrogens is 344 g/mol. The highest BCUT2D eigenvalue weighted by Gasteiger charge is 2.30. The molecule has 150 valence electrons. The SMILES string of the molecule is CC(NC(=O)C(NC(=O)C(N)C(C)C)C(C)C)C(=O)NC(CO)C(=O)O. The monoisotopic (exact) mass is 374 g/mol. The molecule has 26 heavy (non-hydrogen) atoms. The van der Waals surface area contributed by atoms with Gasteiger partial charge in [0, 0.05) is 0 Å². The minimum atomic E-state index is -1.47. The van der Waals surface area contributed by atoms with Crippen molar-refractivity contribution in [2.45, 2.75) is 58.8 Å². The molecule has 3 amide bonds. The second-order valence-electron chi connectivity index (χ2n) is 6.81. The van der Waals surface area contributed by atoms with Crippen molar-refractivity contribution < 1.29 is 29.4 Å². The number of rotatable bonds is 10. The van der Waals surface area contributed by atoms with Gasteiger partial charge in [0.05, 0.1) is 12.6 Å². The Morgan fingerprint density at radius 2 is 1.38 bits per heavy atom. The van der Waals surface area contributed by atoms with Crippen molar-refractivity contribution in [1.29, 1.82) is 0 Å². The van der Waals surface area contributed by atoms with E-state index in [0.717, 1.165) is 0 Å². The molecule has 0 saturated carbocycles. The Hall–Kier alpha value is -2.20. The number of carboxylic acids is 1. The molecule has 0 aromatic rings. The van der Waals surface area contributed by atoms with Gasteiger partial charge in [-0.1, -0.05) is 27.7 Å². The van der Waals surface area contributed by atoms with Crippen LogP contribution >= 0.6 is 0 Å². The molecule has 0 fully saturated rings. The Kier molecular flexibility index (Phi) is 9.81. The number of carbonyl (C=O) groups excluding carboxylic acids is 3. The summed E-state index contributed by atoms with van der Waals surface area (Å²) in [6.07, 6.45) is 0. The maximum absolute atomic E-state index is 12.4. The fourth-order valence-corrected chi connectivity index (χ4v) is 1.94. The Bertz CT molecular complexity index is 523. The summed E-state index contributed by atoms with van der Waals surface area (Å²) in [5.41, 5.74) is 5.77. The van der Waals surface area contributed by atoms with Crippen molar-refractivity contribution in [3.63, 3.8) is 0 Å². The van der Waals surface area contributed by atoms with E-state index in [-0.39, 0.29) is 11.8 Å². The summed E-state index contributed by atoms with van der Waals surface area (Å²) in [5.74, 6) is -3.61. The van der Waals surface area contributed by atoms with Gasteiger partial charge in [-0.2, -0.15) is 0 Å². The van der Waals surface area contributed by atoms with Crippen LogP contribution in [0.3, 0.4) is 0 Å². The fourth-order valence-electron chi connectivity index (χ4n) is 1.94. The Balaban J connectivity index is 4.92. The van der Waals surface area contributed by atoms with Crippen molar-refractivity contribution in [3.8, 4) is 0 Å². The lowest BCUT2D eigenvalue weighted by atomic mass is 10.00. The van der Waals surface area contributed by atoms with Crippen LogP contribution < -0.4 is 21.7 Å². The summed E-state index contributed by atoms with van der Waals surface area (Å²) in [7, 11) is 0. The number of aliphatic hydroxyl groups is 1. The Morgan fingerprint density at radius 3 is 1.77 bits per heavy atom. The van der Waals surface area contributed by atoms with Crippen molar-refractivity contribution in [2.75, 3.05) is 6.61 Å². The third kappa shape index (κ3) is 7.36. The predicted molar refractivity (Wildman–Crippen MR) is 93.8 cm³/mol. The van der Waals surface area contributed by atoms with Gasteiger partial charge in [0.1, 0.15) is 18.1 Å². The van der Waals surface area contributed by atoms with Crippen LogP contribution in [0, 0.1) is 11.8 Å². The van der Waals surface area contributed by atoms with E-state index in [1.54, 1.807) is 27.7 Å². The first-order valence-electron chi connectivity index (χ1n) is 8.42. The van der Waals surface area contributed by atoms with Crippen molar-refractivity contribution in [1.82, 2.24) is 16.0 Å². The summed E-state index contributed by atoms with van der Waals surface area (Å²) >= 11 is 0. The van der Waals surface area contributed by atoms with E-state index < -0.39 is 54.5 Å². The smallest absolute Gasteiger partial charge is 0.328 e. The van der Waals surface area contributed by atoms with Gasteiger partial charge in [0.25, 0.3) is 0 Å². The average molecular weight is 374 g/mol. The normalized spacial score (nSPS) is 15.7. The van der Waals surface area contributed by atoms with Gasteiger partial charge in [-0.25, -0.2) is 4.79 Å². The fraction of sp³-hybridized carbons (Fsp3) is 0.750. The highest BCUT2D eigenvalue weighted by Crippen LogP contribution is 2.05. The minimum Gasteiger partial charge on any atom is -0.480 e. The molecule has 4 unspecified atom stereocenters. The molecule has 0 rings (SSSR count). The van der Waals surface area contributed by atoms with Crippen LogP contribution in [0.2, 0.25) is 0 Å². The number of aliphatic carboxylic acids is 1. The summed E-state index contributed by atoms with van der Waals surface area (Å²) in [4.78, 5) is 47.3. The summed E-state index contributed by atoms with van der Waals surface area (Å²) in [6.45, 7) is 7.59. The molecule has 0 saturated heterocycles. The van der Waals surface area contributed by atoms with E-state index in [9.17, 15) is 19.2 Å².